The summed E-state index contributed by atoms with van der Waals surface area (Å²) in [6.07, 6.45) is 5.67. The average Bonchev–Trinajstić information content (AvgIpc) is 2.39. The van der Waals surface area contributed by atoms with Gasteiger partial charge in [-0.1, -0.05) is 11.6 Å². The van der Waals surface area contributed by atoms with Crippen molar-refractivity contribution in [2.24, 2.45) is 0 Å². The Kier molecular flexibility index (Phi) is 2.97. The molecule has 0 saturated carbocycles. The van der Waals surface area contributed by atoms with Gasteiger partial charge in [0.1, 0.15) is 11.0 Å². The van der Waals surface area contributed by atoms with Crippen molar-refractivity contribution in [2.45, 2.75) is 0 Å². The summed E-state index contributed by atoms with van der Waals surface area (Å²) in [5.74, 6) is 0.0323. The van der Waals surface area contributed by atoms with Crippen LogP contribution in [0.5, 0.6) is 11.6 Å². The molecule has 0 atom stereocenters. The molecule has 94 valence electrons. The van der Waals surface area contributed by atoms with E-state index >= 15 is 0 Å². The smallest absolute Gasteiger partial charge is 0.230 e. The maximum atomic E-state index is 13.1. The fraction of sp³-hybridized carbons (Fsp3) is 0. The molecule has 3 aromatic heterocycles. The number of hydrogen-bond acceptors (Lipinski definition) is 4. The second kappa shape index (κ2) is 4.78. The van der Waals surface area contributed by atoms with Crippen LogP contribution in [0, 0.1) is 5.82 Å². The molecule has 0 saturated heterocycles. The predicted molar refractivity (Wildman–Crippen MR) is 68.8 cm³/mol. The fourth-order valence-corrected chi connectivity index (χ4v) is 1.93. The van der Waals surface area contributed by atoms with E-state index in [1.807, 2.05) is 0 Å². The van der Waals surface area contributed by atoms with Gasteiger partial charge in [-0.05, 0) is 17.5 Å². The fourth-order valence-electron chi connectivity index (χ4n) is 1.69. The highest BCUT2D eigenvalue weighted by Crippen LogP contribution is 2.31. The van der Waals surface area contributed by atoms with Gasteiger partial charge in [-0.2, -0.15) is 0 Å². The summed E-state index contributed by atoms with van der Waals surface area (Å²) in [5, 5.41) is 1.70. The summed E-state index contributed by atoms with van der Waals surface area (Å²) >= 11 is 6.04. The summed E-state index contributed by atoms with van der Waals surface area (Å²) in [4.78, 5) is 11.8. The largest absolute Gasteiger partial charge is 0.437 e. The molecule has 0 amide bonds. The van der Waals surface area contributed by atoms with E-state index in [-0.39, 0.29) is 16.8 Å². The molecular weight excluding hydrogens is 269 g/mol. The Morgan fingerprint density at radius 3 is 2.68 bits per heavy atom. The van der Waals surface area contributed by atoms with Crippen LogP contribution in [0.2, 0.25) is 5.15 Å². The number of pyridine rings is 3. The van der Waals surface area contributed by atoms with Crippen molar-refractivity contribution >= 4 is 22.4 Å². The summed E-state index contributed by atoms with van der Waals surface area (Å²) in [6, 6.07) is 4.80. The van der Waals surface area contributed by atoms with Crippen LogP contribution in [0.1, 0.15) is 0 Å². The molecule has 3 heterocycles. The SMILES string of the molecule is Fc1cncc(Oc2nccc3ccnc(Cl)c23)c1. The van der Waals surface area contributed by atoms with Gasteiger partial charge in [0.05, 0.1) is 17.8 Å². The maximum absolute atomic E-state index is 13.1. The van der Waals surface area contributed by atoms with Gasteiger partial charge >= 0.3 is 0 Å². The monoisotopic (exact) mass is 275 g/mol. The van der Waals surface area contributed by atoms with E-state index in [1.54, 1.807) is 24.5 Å². The van der Waals surface area contributed by atoms with Crippen molar-refractivity contribution in [3.05, 3.63) is 54.0 Å². The van der Waals surface area contributed by atoms with Gasteiger partial charge in [0.25, 0.3) is 0 Å². The van der Waals surface area contributed by atoms with Crippen LogP contribution in [0.25, 0.3) is 10.8 Å². The first-order valence-corrected chi connectivity index (χ1v) is 5.79. The topological polar surface area (TPSA) is 47.9 Å². The minimum absolute atomic E-state index is 0.250. The van der Waals surface area contributed by atoms with E-state index < -0.39 is 5.82 Å². The molecule has 0 aliphatic heterocycles. The van der Waals surface area contributed by atoms with Crippen LogP contribution in [-0.4, -0.2) is 15.0 Å². The lowest BCUT2D eigenvalue weighted by atomic mass is 10.2. The lowest BCUT2D eigenvalue weighted by Gasteiger charge is -2.07. The maximum Gasteiger partial charge on any atom is 0.230 e. The molecule has 0 aromatic carbocycles. The zero-order chi connectivity index (χ0) is 13.2. The number of halogens is 2. The minimum Gasteiger partial charge on any atom is -0.437 e. The number of ether oxygens (including phenoxy) is 1. The van der Waals surface area contributed by atoms with Gasteiger partial charge in [-0.15, -0.1) is 0 Å². The third-order valence-electron chi connectivity index (χ3n) is 2.49. The van der Waals surface area contributed by atoms with E-state index in [9.17, 15) is 4.39 Å². The van der Waals surface area contributed by atoms with Gasteiger partial charge in [-0.25, -0.2) is 14.4 Å². The van der Waals surface area contributed by atoms with E-state index in [0.717, 1.165) is 11.6 Å². The van der Waals surface area contributed by atoms with E-state index in [0.29, 0.717) is 5.39 Å². The Morgan fingerprint density at radius 2 is 1.89 bits per heavy atom. The quantitative estimate of drug-likeness (QED) is 0.670. The molecule has 0 aliphatic rings. The second-order valence-electron chi connectivity index (χ2n) is 3.76. The lowest BCUT2D eigenvalue weighted by molar-refractivity contribution is 0.461. The molecule has 3 rings (SSSR count). The third-order valence-corrected chi connectivity index (χ3v) is 2.78. The summed E-state index contributed by atoms with van der Waals surface area (Å²) in [5.41, 5.74) is 0. The van der Waals surface area contributed by atoms with Gasteiger partial charge in [0.15, 0.2) is 5.75 Å². The first-order valence-electron chi connectivity index (χ1n) is 5.41. The zero-order valence-corrected chi connectivity index (χ0v) is 10.3. The normalized spacial score (nSPS) is 10.6. The zero-order valence-electron chi connectivity index (χ0n) is 9.55. The molecule has 4 nitrogen and oxygen atoms in total. The number of hydrogen-bond donors (Lipinski definition) is 0. The molecular formula is C13H7ClFN3O. The van der Waals surface area contributed by atoms with Crippen LogP contribution in [0.4, 0.5) is 4.39 Å². The lowest BCUT2D eigenvalue weighted by Crippen LogP contribution is -1.92. The minimum atomic E-state index is -0.484. The van der Waals surface area contributed by atoms with Crippen molar-refractivity contribution in [3.8, 4) is 11.6 Å². The van der Waals surface area contributed by atoms with Crippen molar-refractivity contribution < 1.29 is 9.13 Å². The Bertz CT molecular complexity index is 746. The highest BCUT2D eigenvalue weighted by atomic mass is 35.5. The first-order chi connectivity index (χ1) is 9.24. The molecule has 3 aromatic rings. The molecule has 0 radical (unpaired) electrons. The highest BCUT2D eigenvalue weighted by Gasteiger charge is 2.10. The van der Waals surface area contributed by atoms with Crippen molar-refractivity contribution in [1.29, 1.82) is 0 Å². The van der Waals surface area contributed by atoms with Crippen LogP contribution in [0.3, 0.4) is 0 Å². The first kappa shape index (κ1) is 11.8. The van der Waals surface area contributed by atoms with Crippen molar-refractivity contribution in [2.75, 3.05) is 0 Å². The number of nitrogens with zero attached hydrogens (tertiary/aromatic N) is 3. The molecule has 0 unspecified atom stereocenters. The Labute approximate surface area is 112 Å². The highest BCUT2D eigenvalue weighted by molar-refractivity contribution is 6.34. The molecule has 0 fully saturated rings. The average molecular weight is 276 g/mol. The predicted octanol–water partition coefficient (Wildman–Crippen LogP) is 3.61. The molecule has 0 N–H and O–H groups in total. The summed E-state index contributed by atoms with van der Waals surface area (Å²) < 4.78 is 18.6. The second-order valence-corrected chi connectivity index (χ2v) is 4.11. The molecule has 0 aliphatic carbocycles. The Balaban J connectivity index is 2.11. The molecule has 0 bridgehead atoms. The van der Waals surface area contributed by atoms with Gasteiger partial charge < -0.3 is 4.74 Å². The van der Waals surface area contributed by atoms with Gasteiger partial charge in [0, 0.05) is 18.5 Å². The van der Waals surface area contributed by atoms with Crippen LogP contribution >= 0.6 is 11.6 Å². The van der Waals surface area contributed by atoms with Gasteiger partial charge in [0.2, 0.25) is 5.88 Å². The van der Waals surface area contributed by atoms with Gasteiger partial charge in [-0.3, -0.25) is 4.98 Å². The van der Waals surface area contributed by atoms with Crippen LogP contribution < -0.4 is 4.74 Å². The number of rotatable bonds is 2. The van der Waals surface area contributed by atoms with E-state index in [1.165, 1.54) is 12.3 Å². The van der Waals surface area contributed by atoms with Crippen molar-refractivity contribution in [1.82, 2.24) is 15.0 Å². The van der Waals surface area contributed by atoms with Crippen LogP contribution in [0.15, 0.2) is 43.0 Å². The third kappa shape index (κ3) is 2.32. The molecule has 6 heteroatoms. The van der Waals surface area contributed by atoms with E-state index in [2.05, 4.69) is 15.0 Å². The Hall–Kier alpha value is -2.27. The Morgan fingerprint density at radius 1 is 1.11 bits per heavy atom. The summed E-state index contributed by atoms with van der Waals surface area (Å²) in [6.45, 7) is 0. The number of aromatic nitrogens is 3. The summed E-state index contributed by atoms with van der Waals surface area (Å²) in [7, 11) is 0. The number of fused-ring (bicyclic) bond motifs is 1. The van der Waals surface area contributed by atoms with Crippen molar-refractivity contribution in [3.63, 3.8) is 0 Å². The van der Waals surface area contributed by atoms with E-state index in [4.69, 9.17) is 16.3 Å². The van der Waals surface area contributed by atoms with Crippen LogP contribution in [-0.2, 0) is 0 Å². The molecule has 0 spiro atoms. The standard InChI is InChI=1S/C13H7ClFN3O/c14-12-11-8(1-3-17-12)2-4-18-13(11)19-10-5-9(15)6-16-7-10/h1-7H. The molecule has 19 heavy (non-hydrogen) atoms.